The molecule has 11 aromatic carbocycles. The molecule has 2 aliphatic carbocycles. The minimum Gasteiger partial charge on any atom is -0.135 e. The second-order valence-corrected chi connectivity index (χ2v) is 22.2. The molecule has 354 valence electrons. The second-order valence-electron chi connectivity index (χ2n) is 21.1. The van der Waals surface area contributed by atoms with Crippen molar-refractivity contribution >= 4 is 42.3 Å². The van der Waals surface area contributed by atoms with E-state index in [0.29, 0.717) is 5.92 Å². The molecule has 0 saturated heterocycles. The van der Waals surface area contributed by atoms with Gasteiger partial charge in [-0.1, -0.05) is 249 Å². The Kier molecular flexibility index (Phi) is 10.9. The van der Waals surface area contributed by atoms with Crippen molar-refractivity contribution in [2.24, 2.45) is 0 Å². The summed E-state index contributed by atoms with van der Waals surface area (Å²) < 4.78 is 2.70. The third kappa shape index (κ3) is 7.24. The lowest BCUT2D eigenvalue weighted by Gasteiger charge is -2.35. The summed E-state index contributed by atoms with van der Waals surface area (Å²) in [4.78, 5) is 0. The quantitative estimate of drug-likeness (QED) is 0.121. The molecule has 14 rings (SSSR count). The predicted molar refractivity (Wildman–Crippen MR) is 314 cm³/mol. The van der Waals surface area contributed by atoms with Gasteiger partial charge in [-0.25, -0.2) is 0 Å². The highest BCUT2D eigenvalue weighted by atomic mass is 32.1. The summed E-state index contributed by atoms with van der Waals surface area (Å²) in [6.45, 7) is 4.75. The maximum Gasteiger partial charge on any atom is 0.0713 e. The van der Waals surface area contributed by atoms with Crippen LogP contribution in [-0.4, -0.2) is 0 Å². The van der Waals surface area contributed by atoms with Crippen molar-refractivity contribution in [1.82, 2.24) is 0 Å². The van der Waals surface area contributed by atoms with E-state index < -0.39 is 5.41 Å². The highest BCUT2D eigenvalue weighted by molar-refractivity contribution is 7.25. The van der Waals surface area contributed by atoms with Crippen LogP contribution in [0.15, 0.2) is 249 Å². The summed E-state index contributed by atoms with van der Waals surface area (Å²) in [5.41, 5.74) is 22.6. The molecular formula is C73H56S. The smallest absolute Gasteiger partial charge is 0.0713 e. The Morgan fingerprint density at radius 2 is 1.04 bits per heavy atom. The van der Waals surface area contributed by atoms with Crippen LogP contribution in [0.2, 0.25) is 0 Å². The second kappa shape index (κ2) is 18.1. The maximum absolute atomic E-state index is 2.64. The molecule has 0 amide bonds. The molecule has 2 atom stereocenters. The summed E-state index contributed by atoms with van der Waals surface area (Å²) in [6.07, 6.45) is 2.93. The van der Waals surface area contributed by atoms with Gasteiger partial charge in [0.05, 0.1) is 5.41 Å². The Hall–Kier alpha value is -8.10. The Balaban J connectivity index is 0.944. The maximum atomic E-state index is 2.64. The molecule has 12 aromatic rings. The molecule has 74 heavy (non-hydrogen) atoms. The van der Waals surface area contributed by atoms with E-state index in [1.165, 1.54) is 126 Å². The molecule has 0 radical (unpaired) electrons. The van der Waals surface area contributed by atoms with Gasteiger partial charge < -0.3 is 0 Å². The van der Waals surface area contributed by atoms with Gasteiger partial charge >= 0.3 is 0 Å². The zero-order chi connectivity index (χ0) is 49.3. The number of aryl methyl sites for hydroxylation is 2. The fraction of sp³-hybridized carbons (Fsp3) is 0.123. The molecule has 0 nitrogen and oxygen atoms in total. The molecule has 0 bridgehead atoms. The highest BCUT2D eigenvalue weighted by Gasteiger charge is 2.47. The number of hydrogen-bond donors (Lipinski definition) is 0. The van der Waals surface area contributed by atoms with E-state index in [2.05, 4.69) is 263 Å². The first-order valence-corrected chi connectivity index (χ1v) is 27.4. The summed E-state index contributed by atoms with van der Waals surface area (Å²) in [5.74, 6) is 0.740. The number of rotatable bonds is 11. The van der Waals surface area contributed by atoms with Gasteiger partial charge in [0, 0.05) is 26.1 Å². The van der Waals surface area contributed by atoms with E-state index in [4.69, 9.17) is 0 Å². The fourth-order valence-electron chi connectivity index (χ4n) is 13.6. The van der Waals surface area contributed by atoms with Gasteiger partial charge in [0.15, 0.2) is 0 Å². The minimum atomic E-state index is -0.555. The average Bonchev–Trinajstić information content (AvgIpc) is 4.11. The molecule has 0 N–H and O–H groups in total. The zero-order valence-electron chi connectivity index (χ0n) is 41.9. The highest BCUT2D eigenvalue weighted by Crippen LogP contribution is 2.59. The molecule has 0 spiro atoms. The number of hydrogen-bond acceptors (Lipinski definition) is 1. The lowest BCUT2D eigenvalue weighted by molar-refractivity contribution is 0.572. The molecular weight excluding hydrogens is 909 g/mol. The molecule has 2 aliphatic rings. The molecule has 0 aliphatic heterocycles. The Bertz CT molecular complexity index is 4000. The van der Waals surface area contributed by atoms with Gasteiger partial charge in [-0.3, -0.25) is 0 Å². The van der Waals surface area contributed by atoms with E-state index >= 15 is 0 Å². The first kappa shape index (κ1) is 44.6. The van der Waals surface area contributed by atoms with Gasteiger partial charge in [-0.05, 0) is 150 Å². The van der Waals surface area contributed by atoms with Crippen molar-refractivity contribution in [3.63, 3.8) is 0 Å². The molecule has 1 heterocycles. The predicted octanol–water partition coefficient (Wildman–Crippen LogP) is 19.4. The van der Waals surface area contributed by atoms with E-state index in [9.17, 15) is 0 Å². The van der Waals surface area contributed by atoms with Crippen LogP contribution < -0.4 is 0 Å². The summed E-state index contributed by atoms with van der Waals surface area (Å²) in [5, 5.41) is 5.39. The molecule has 1 aromatic heterocycles. The molecule has 0 saturated carbocycles. The van der Waals surface area contributed by atoms with Crippen LogP contribution in [0.1, 0.15) is 92.3 Å². The monoisotopic (exact) mass is 964 g/mol. The average molecular weight is 965 g/mol. The first-order chi connectivity index (χ1) is 36.5. The van der Waals surface area contributed by atoms with Crippen LogP contribution >= 0.6 is 11.3 Å². The van der Waals surface area contributed by atoms with Crippen LogP contribution in [0.5, 0.6) is 0 Å². The largest absolute Gasteiger partial charge is 0.135 e. The zero-order valence-corrected chi connectivity index (χ0v) is 42.7. The van der Waals surface area contributed by atoms with Gasteiger partial charge in [0.1, 0.15) is 0 Å². The fourth-order valence-corrected chi connectivity index (χ4v) is 14.8. The van der Waals surface area contributed by atoms with E-state index in [-0.39, 0.29) is 11.8 Å². The van der Waals surface area contributed by atoms with Crippen molar-refractivity contribution < 1.29 is 0 Å². The van der Waals surface area contributed by atoms with Crippen molar-refractivity contribution in [2.45, 2.75) is 56.3 Å². The van der Waals surface area contributed by atoms with Crippen LogP contribution in [0.4, 0.5) is 0 Å². The van der Waals surface area contributed by atoms with Gasteiger partial charge in [-0.2, -0.15) is 0 Å². The SMILES string of the molecule is Cc1cc(CC(c2ccc3c(c2)sc2ccccc23)C(C)c2ccc3c(c2)C(c2ccccc2)(c2ccccc2)c2cc(CCC4c5ccccc5-c5ccccc54)c4ccccc4c2-3)cc(-c2ccccc2)c1. The Labute approximate surface area is 439 Å². The summed E-state index contributed by atoms with van der Waals surface area (Å²) in [7, 11) is 0. The van der Waals surface area contributed by atoms with E-state index in [1.54, 1.807) is 0 Å². The van der Waals surface area contributed by atoms with Crippen molar-refractivity contribution in [3.8, 4) is 33.4 Å². The lowest BCUT2D eigenvalue weighted by atomic mass is 9.66. The minimum absolute atomic E-state index is 0.185. The normalized spacial score (nSPS) is 14.2. The van der Waals surface area contributed by atoms with Crippen LogP contribution in [0.25, 0.3) is 64.3 Å². The topological polar surface area (TPSA) is 0 Å². The molecule has 0 fully saturated rings. The van der Waals surface area contributed by atoms with Crippen LogP contribution in [-0.2, 0) is 18.3 Å². The number of fused-ring (bicyclic) bond motifs is 11. The first-order valence-electron chi connectivity index (χ1n) is 26.6. The Morgan fingerprint density at radius 1 is 0.446 bits per heavy atom. The van der Waals surface area contributed by atoms with Crippen molar-refractivity contribution in [1.29, 1.82) is 0 Å². The number of thiophene rings is 1. The lowest BCUT2D eigenvalue weighted by Crippen LogP contribution is -2.29. The van der Waals surface area contributed by atoms with Crippen molar-refractivity contribution in [3.05, 3.63) is 310 Å². The van der Waals surface area contributed by atoms with Gasteiger partial charge in [0.2, 0.25) is 0 Å². The van der Waals surface area contributed by atoms with Crippen molar-refractivity contribution in [2.75, 3.05) is 0 Å². The molecule has 2 unspecified atom stereocenters. The number of benzene rings is 11. The van der Waals surface area contributed by atoms with Crippen LogP contribution in [0.3, 0.4) is 0 Å². The van der Waals surface area contributed by atoms with Gasteiger partial charge in [-0.15, -0.1) is 11.3 Å². The summed E-state index contributed by atoms with van der Waals surface area (Å²) in [6, 6.07) is 94.9. The summed E-state index contributed by atoms with van der Waals surface area (Å²) >= 11 is 1.92. The molecule has 1 heteroatoms. The third-order valence-electron chi connectivity index (χ3n) is 17.0. The van der Waals surface area contributed by atoms with E-state index in [1.807, 2.05) is 11.3 Å². The van der Waals surface area contributed by atoms with Crippen LogP contribution in [0, 0.1) is 6.92 Å². The van der Waals surface area contributed by atoms with E-state index in [0.717, 1.165) is 19.3 Å². The third-order valence-corrected chi connectivity index (χ3v) is 18.1. The standard InChI is InChI=1S/C73H56S/c1-47-40-49(42-54(41-47)50-20-6-3-7-21-50)43-67(53-36-38-64-63-31-18-19-33-70(63)74-71(64)46-53)48(2)51-34-39-66-68(44-51)73(55-22-8-4-9-23-55,56-24-10-5-11-25-56)69-45-52(57-26-12-17-32-65(57)72(66)69)35-37-62-60-29-15-13-27-58(60)59-28-14-16-30-61(59)62/h3-34,36,38-42,44-46,48,62,67H,35,37,43H2,1-2H3. The Morgan fingerprint density at radius 3 is 1.76 bits per heavy atom. The van der Waals surface area contributed by atoms with Gasteiger partial charge in [0.25, 0.3) is 0 Å².